The second kappa shape index (κ2) is 5.60. The Bertz CT molecular complexity index is 589. The molecule has 0 aromatic heterocycles. The Morgan fingerprint density at radius 3 is 2.67 bits per heavy atom. The second-order valence-electron chi connectivity index (χ2n) is 5.55. The van der Waals surface area contributed by atoms with Crippen LogP contribution in [0.5, 0.6) is 0 Å². The average molecular weight is 286 g/mol. The van der Waals surface area contributed by atoms with E-state index in [1.807, 2.05) is 12.1 Å². The van der Waals surface area contributed by atoms with Gasteiger partial charge in [-0.1, -0.05) is 24.3 Å². The van der Waals surface area contributed by atoms with Crippen molar-refractivity contribution >= 4 is 17.6 Å². The minimum atomic E-state index is -0.876. The highest BCUT2D eigenvalue weighted by atomic mass is 16.4. The van der Waals surface area contributed by atoms with Crippen LogP contribution >= 0.6 is 0 Å². The summed E-state index contributed by atoms with van der Waals surface area (Å²) in [5, 5.41) is 11.7. The number of anilines is 1. The fourth-order valence-corrected chi connectivity index (χ4v) is 2.63. The van der Waals surface area contributed by atoms with Crippen molar-refractivity contribution in [1.29, 1.82) is 0 Å². The van der Waals surface area contributed by atoms with E-state index in [2.05, 4.69) is 34.5 Å². The first-order chi connectivity index (χ1) is 10.1. The summed E-state index contributed by atoms with van der Waals surface area (Å²) in [7, 11) is 0. The first-order valence-corrected chi connectivity index (χ1v) is 7.14. The third-order valence-corrected chi connectivity index (χ3v) is 4.01. The van der Waals surface area contributed by atoms with Crippen molar-refractivity contribution in [1.82, 2.24) is 5.32 Å². The number of nitrogens with zero attached hydrogens (tertiary/aromatic N) is 1. The van der Waals surface area contributed by atoms with Gasteiger partial charge in [0.15, 0.2) is 0 Å². The van der Waals surface area contributed by atoms with Gasteiger partial charge in [0.05, 0.1) is 11.8 Å². The number of carboxylic acid groups (broad SMARTS) is 1. The van der Waals surface area contributed by atoms with E-state index >= 15 is 0 Å². The third kappa shape index (κ3) is 3.07. The molecule has 0 bridgehead atoms. The molecule has 1 saturated carbocycles. The van der Waals surface area contributed by atoms with Crippen molar-refractivity contribution in [2.75, 3.05) is 18.0 Å². The van der Waals surface area contributed by atoms with Crippen molar-refractivity contribution in [3.63, 3.8) is 0 Å². The number of carboxylic acids is 1. The number of nitrogens with one attached hydrogen (secondary N) is 1. The topological polar surface area (TPSA) is 69.6 Å². The highest BCUT2D eigenvalue weighted by molar-refractivity contribution is 5.89. The molecule has 3 rings (SSSR count). The molecule has 1 aromatic rings. The smallest absolute Gasteiger partial charge is 0.307 e. The van der Waals surface area contributed by atoms with E-state index in [0.717, 1.165) is 24.3 Å². The summed E-state index contributed by atoms with van der Waals surface area (Å²) < 4.78 is 0. The fraction of sp³-hybridized carbons (Fsp3) is 0.375. The molecule has 5 heteroatoms. The van der Waals surface area contributed by atoms with Gasteiger partial charge in [-0.3, -0.25) is 9.59 Å². The highest BCUT2D eigenvalue weighted by Crippen LogP contribution is 2.38. The molecule has 0 unspecified atom stereocenters. The van der Waals surface area contributed by atoms with Crippen LogP contribution < -0.4 is 10.2 Å². The minimum absolute atomic E-state index is 0.157. The molecule has 0 saturated heterocycles. The van der Waals surface area contributed by atoms with Crippen molar-refractivity contribution < 1.29 is 14.7 Å². The Hall–Kier alpha value is -2.30. The molecule has 21 heavy (non-hydrogen) atoms. The number of hydrogen-bond donors (Lipinski definition) is 2. The number of aliphatic carboxylic acids is 1. The van der Waals surface area contributed by atoms with Gasteiger partial charge in [-0.25, -0.2) is 0 Å². The maximum atomic E-state index is 11.8. The normalized spacial score (nSPS) is 23.1. The van der Waals surface area contributed by atoms with Crippen LogP contribution in [0.3, 0.4) is 0 Å². The van der Waals surface area contributed by atoms with Crippen LogP contribution in [-0.4, -0.2) is 30.1 Å². The zero-order valence-corrected chi connectivity index (χ0v) is 11.7. The molecular weight excluding hydrogens is 268 g/mol. The van der Waals surface area contributed by atoms with Gasteiger partial charge in [-0.15, -0.1) is 0 Å². The van der Waals surface area contributed by atoms with Gasteiger partial charge < -0.3 is 15.3 Å². The summed E-state index contributed by atoms with van der Waals surface area (Å²) in [6, 6.07) is 8.07. The fourth-order valence-electron chi connectivity index (χ4n) is 2.63. The van der Waals surface area contributed by atoms with E-state index in [1.54, 1.807) is 0 Å². The van der Waals surface area contributed by atoms with Gasteiger partial charge in [0, 0.05) is 25.3 Å². The lowest BCUT2D eigenvalue weighted by atomic mass is 10.2. The SMILES string of the molecule is O=C(O)[C@@H]1C[C@H]1C(=O)NCc1cccc(N2CC=CC2)c1. The number of amides is 1. The molecule has 5 nitrogen and oxygen atoms in total. The summed E-state index contributed by atoms with van der Waals surface area (Å²) in [5.41, 5.74) is 2.17. The lowest BCUT2D eigenvalue weighted by Crippen LogP contribution is -2.26. The number of benzene rings is 1. The van der Waals surface area contributed by atoms with E-state index in [1.165, 1.54) is 0 Å². The van der Waals surface area contributed by atoms with Crippen LogP contribution in [0.15, 0.2) is 36.4 Å². The Morgan fingerprint density at radius 2 is 2.00 bits per heavy atom. The Kier molecular flexibility index (Phi) is 3.64. The van der Waals surface area contributed by atoms with Crippen molar-refractivity contribution in [3.05, 3.63) is 42.0 Å². The highest BCUT2D eigenvalue weighted by Gasteiger charge is 2.48. The first kappa shape index (κ1) is 13.7. The van der Waals surface area contributed by atoms with Crippen molar-refractivity contribution in [3.8, 4) is 0 Å². The predicted molar refractivity (Wildman–Crippen MR) is 78.9 cm³/mol. The molecule has 2 aliphatic rings. The van der Waals surface area contributed by atoms with Crippen molar-refractivity contribution in [2.45, 2.75) is 13.0 Å². The standard InChI is InChI=1S/C16H18N2O3/c19-15(13-9-14(13)16(20)21)17-10-11-4-3-5-12(8-11)18-6-1-2-7-18/h1-5,8,13-14H,6-7,9-10H2,(H,17,19)(H,20,21)/t13-,14-/m1/s1. The zero-order chi connectivity index (χ0) is 14.8. The van der Waals surface area contributed by atoms with Gasteiger partial charge in [0.2, 0.25) is 5.91 Å². The number of hydrogen-bond acceptors (Lipinski definition) is 3. The van der Waals surface area contributed by atoms with Crippen LogP contribution in [0.25, 0.3) is 0 Å². The lowest BCUT2D eigenvalue weighted by Gasteiger charge is -2.18. The van der Waals surface area contributed by atoms with Crippen LogP contribution in [0, 0.1) is 11.8 Å². The molecule has 1 aliphatic heterocycles. The number of rotatable bonds is 5. The Morgan fingerprint density at radius 1 is 1.24 bits per heavy atom. The molecule has 0 radical (unpaired) electrons. The molecule has 1 fully saturated rings. The van der Waals surface area contributed by atoms with Gasteiger partial charge in [0.25, 0.3) is 0 Å². The first-order valence-electron chi connectivity index (χ1n) is 7.14. The van der Waals surface area contributed by atoms with Gasteiger partial charge >= 0.3 is 5.97 Å². The quantitative estimate of drug-likeness (QED) is 0.803. The lowest BCUT2D eigenvalue weighted by molar-refractivity contribution is -0.140. The Balaban J connectivity index is 1.55. The molecule has 2 atom stereocenters. The molecular formula is C16H18N2O3. The average Bonchev–Trinajstić information content (AvgIpc) is 3.11. The summed E-state index contributed by atoms with van der Waals surface area (Å²) in [6.07, 6.45) is 4.72. The molecule has 0 spiro atoms. The zero-order valence-electron chi connectivity index (χ0n) is 11.7. The summed E-state index contributed by atoms with van der Waals surface area (Å²) in [4.78, 5) is 24.8. The molecule has 1 aromatic carbocycles. The van der Waals surface area contributed by atoms with E-state index in [9.17, 15) is 9.59 Å². The second-order valence-corrected chi connectivity index (χ2v) is 5.55. The van der Waals surface area contributed by atoms with Crippen LogP contribution in [0.1, 0.15) is 12.0 Å². The van der Waals surface area contributed by atoms with E-state index in [4.69, 9.17) is 5.11 Å². The van der Waals surface area contributed by atoms with Crippen LogP contribution in [0.2, 0.25) is 0 Å². The van der Waals surface area contributed by atoms with Crippen molar-refractivity contribution in [2.24, 2.45) is 11.8 Å². The van der Waals surface area contributed by atoms with E-state index in [0.29, 0.717) is 13.0 Å². The monoisotopic (exact) mass is 286 g/mol. The molecule has 2 N–H and O–H groups in total. The maximum Gasteiger partial charge on any atom is 0.307 e. The van der Waals surface area contributed by atoms with E-state index in [-0.39, 0.29) is 11.8 Å². The predicted octanol–water partition coefficient (Wildman–Crippen LogP) is 1.40. The minimum Gasteiger partial charge on any atom is -0.481 e. The maximum absolute atomic E-state index is 11.8. The third-order valence-electron chi connectivity index (χ3n) is 4.01. The van der Waals surface area contributed by atoms with Gasteiger partial charge in [-0.2, -0.15) is 0 Å². The number of carbonyl (C=O) groups excluding carboxylic acids is 1. The molecule has 110 valence electrons. The van der Waals surface area contributed by atoms with Crippen LogP contribution in [0.4, 0.5) is 5.69 Å². The largest absolute Gasteiger partial charge is 0.481 e. The van der Waals surface area contributed by atoms with Gasteiger partial charge in [0.1, 0.15) is 0 Å². The summed E-state index contributed by atoms with van der Waals surface area (Å²) >= 11 is 0. The molecule has 1 heterocycles. The molecule has 1 aliphatic carbocycles. The van der Waals surface area contributed by atoms with Crippen LogP contribution in [-0.2, 0) is 16.1 Å². The number of carbonyl (C=O) groups is 2. The molecule has 1 amide bonds. The van der Waals surface area contributed by atoms with E-state index < -0.39 is 11.9 Å². The van der Waals surface area contributed by atoms with Gasteiger partial charge in [-0.05, 0) is 24.1 Å². The summed E-state index contributed by atoms with van der Waals surface area (Å²) in [6.45, 7) is 2.27. The Labute approximate surface area is 123 Å². The summed E-state index contributed by atoms with van der Waals surface area (Å²) in [5.74, 6) is -1.88.